The average molecular weight is 313 g/mol. The first-order valence-electron chi connectivity index (χ1n) is 3.39. The highest BCUT2D eigenvalue weighted by Gasteiger charge is 2.16. The fraction of sp³-hybridized carbons (Fsp3) is 0.333. The first-order chi connectivity index (χ1) is 6.00. The largest absolute Gasteiger partial charge is 0.480 e. The summed E-state index contributed by atoms with van der Waals surface area (Å²) in [7, 11) is 0. The summed E-state index contributed by atoms with van der Waals surface area (Å²) < 4.78 is 1.13. The van der Waals surface area contributed by atoms with Gasteiger partial charge in [-0.2, -0.15) is 0 Å². The molecule has 1 aromatic rings. The lowest BCUT2D eigenvalue weighted by Crippen LogP contribution is -2.32. The molecule has 0 aliphatic rings. The molecule has 0 aliphatic carbocycles. The van der Waals surface area contributed by atoms with Gasteiger partial charge in [0.05, 0.1) is 5.69 Å². The third kappa shape index (κ3) is 2.78. The summed E-state index contributed by atoms with van der Waals surface area (Å²) in [6.07, 6.45) is 0.217. The summed E-state index contributed by atoms with van der Waals surface area (Å²) in [6, 6.07) is -0.913. The number of nitrogens with two attached hydrogens (primary N) is 1. The van der Waals surface area contributed by atoms with E-state index in [2.05, 4.69) is 41.8 Å². The van der Waals surface area contributed by atoms with Gasteiger partial charge in [-0.25, -0.2) is 4.98 Å². The molecule has 7 heteroatoms. The number of nitrogens with zero attached hydrogens (tertiary/aromatic N) is 1. The number of aliphatic carboxylic acids is 1. The molecule has 1 atom stereocenters. The van der Waals surface area contributed by atoms with Crippen LogP contribution in [0.15, 0.2) is 9.34 Å². The SMILES string of the molecule is NC(Cc1[nH]c(Br)nc1Br)C(=O)O. The number of halogens is 2. The molecule has 1 heterocycles. The fourth-order valence-electron chi connectivity index (χ4n) is 0.800. The van der Waals surface area contributed by atoms with Gasteiger partial charge in [0.2, 0.25) is 0 Å². The number of hydrogen-bond donors (Lipinski definition) is 3. The summed E-state index contributed by atoms with van der Waals surface area (Å²) in [5.41, 5.74) is 6.01. The van der Waals surface area contributed by atoms with Crippen molar-refractivity contribution in [1.82, 2.24) is 9.97 Å². The third-order valence-electron chi connectivity index (χ3n) is 1.44. The molecule has 0 saturated carbocycles. The molecule has 0 radical (unpaired) electrons. The smallest absolute Gasteiger partial charge is 0.320 e. The molecule has 0 spiro atoms. The molecule has 0 fully saturated rings. The standard InChI is InChI=1S/C6H7Br2N3O2/c7-4-3(10-6(8)11-4)1-2(9)5(12)13/h2H,1,9H2,(H,10,11)(H,12,13). The highest BCUT2D eigenvalue weighted by molar-refractivity contribution is 9.11. The Balaban J connectivity index is 2.74. The molecule has 1 rings (SSSR count). The van der Waals surface area contributed by atoms with Crippen molar-refractivity contribution in [1.29, 1.82) is 0 Å². The summed E-state index contributed by atoms with van der Waals surface area (Å²) >= 11 is 6.30. The van der Waals surface area contributed by atoms with E-state index >= 15 is 0 Å². The predicted octanol–water partition coefficient (Wildman–Crippen LogP) is 0.889. The molecule has 0 aliphatic heterocycles. The van der Waals surface area contributed by atoms with E-state index < -0.39 is 12.0 Å². The maximum Gasteiger partial charge on any atom is 0.320 e. The number of carbonyl (C=O) groups is 1. The normalized spacial score (nSPS) is 12.8. The number of aromatic nitrogens is 2. The Morgan fingerprint density at radius 2 is 2.31 bits per heavy atom. The average Bonchev–Trinajstić information content (AvgIpc) is 2.30. The quantitative estimate of drug-likeness (QED) is 0.773. The van der Waals surface area contributed by atoms with Crippen molar-refractivity contribution in [2.45, 2.75) is 12.5 Å². The number of hydrogen-bond acceptors (Lipinski definition) is 3. The van der Waals surface area contributed by atoms with Gasteiger partial charge in [0, 0.05) is 6.42 Å². The molecule has 1 aromatic heterocycles. The van der Waals surface area contributed by atoms with E-state index in [-0.39, 0.29) is 6.42 Å². The Hall–Kier alpha value is -0.400. The zero-order valence-corrected chi connectivity index (χ0v) is 9.59. The topological polar surface area (TPSA) is 92.0 Å². The molecule has 0 aromatic carbocycles. The van der Waals surface area contributed by atoms with Crippen molar-refractivity contribution in [3.8, 4) is 0 Å². The maximum atomic E-state index is 10.4. The van der Waals surface area contributed by atoms with Crippen molar-refractivity contribution in [2.75, 3.05) is 0 Å². The van der Waals surface area contributed by atoms with Gasteiger partial charge >= 0.3 is 5.97 Å². The zero-order chi connectivity index (χ0) is 10.0. The van der Waals surface area contributed by atoms with Gasteiger partial charge in [-0.15, -0.1) is 0 Å². The van der Waals surface area contributed by atoms with E-state index in [0.29, 0.717) is 15.0 Å². The number of carboxylic acids is 1. The van der Waals surface area contributed by atoms with E-state index in [4.69, 9.17) is 10.8 Å². The maximum absolute atomic E-state index is 10.4. The van der Waals surface area contributed by atoms with E-state index in [1.54, 1.807) is 0 Å². The van der Waals surface area contributed by atoms with Crippen LogP contribution in [0.3, 0.4) is 0 Å². The van der Waals surface area contributed by atoms with Crippen LogP contribution in [0, 0.1) is 0 Å². The Labute approximate surface area is 91.0 Å². The summed E-state index contributed by atoms with van der Waals surface area (Å²) in [6.45, 7) is 0. The minimum Gasteiger partial charge on any atom is -0.480 e. The van der Waals surface area contributed by atoms with Crippen LogP contribution in [0.1, 0.15) is 5.69 Å². The molecule has 0 saturated heterocycles. The zero-order valence-electron chi connectivity index (χ0n) is 6.42. The second kappa shape index (κ2) is 4.21. The van der Waals surface area contributed by atoms with Crippen LogP contribution in [0.5, 0.6) is 0 Å². The number of rotatable bonds is 3. The Morgan fingerprint density at radius 1 is 1.69 bits per heavy atom. The molecule has 0 bridgehead atoms. The molecule has 72 valence electrons. The molecule has 5 nitrogen and oxygen atoms in total. The van der Waals surface area contributed by atoms with Crippen LogP contribution in [-0.4, -0.2) is 27.1 Å². The number of aromatic amines is 1. The van der Waals surface area contributed by atoms with E-state index in [1.807, 2.05) is 0 Å². The second-order valence-corrected chi connectivity index (χ2v) is 3.95. The number of carboxylic acid groups (broad SMARTS) is 1. The summed E-state index contributed by atoms with van der Waals surface area (Å²) in [5.74, 6) is -1.03. The monoisotopic (exact) mass is 311 g/mol. The molecule has 0 amide bonds. The van der Waals surface area contributed by atoms with Crippen LogP contribution in [0.25, 0.3) is 0 Å². The van der Waals surface area contributed by atoms with Crippen LogP contribution in [-0.2, 0) is 11.2 Å². The first kappa shape index (κ1) is 10.7. The summed E-state index contributed by atoms with van der Waals surface area (Å²) in [5, 5.41) is 8.55. The third-order valence-corrected chi connectivity index (χ3v) is 2.47. The van der Waals surface area contributed by atoms with E-state index in [9.17, 15) is 4.79 Å². The van der Waals surface area contributed by atoms with Gasteiger partial charge in [-0.3, -0.25) is 4.79 Å². The van der Waals surface area contributed by atoms with Crippen LogP contribution < -0.4 is 5.73 Å². The molecule has 1 unspecified atom stereocenters. The second-order valence-electron chi connectivity index (χ2n) is 2.45. The van der Waals surface area contributed by atoms with Crippen molar-refractivity contribution in [3.63, 3.8) is 0 Å². The highest BCUT2D eigenvalue weighted by atomic mass is 79.9. The summed E-state index contributed by atoms with van der Waals surface area (Å²) in [4.78, 5) is 17.2. The van der Waals surface area contributed by atoms with Gasteiger partial charge in [-0.05, 0) is 31.9 Å². The van der Waals surface area contributed by atoms with Gasteiger partial charge < -0.3 is 15.8 Å². The van der Waals surface area contributed by atoms with Gasteiger partial charge in [-0.1, -0.05) is 0 Å². The van der Waals surface area contributed by atoms with Crippen LogP contribution in [0.2, 0.25) is 0 Å². The first-order valence-corrected chi connectivity index (χ1v) is 4.97. The lowest BCUT2D eigenvalue weighted by Gasteiger charge is -2.03. The minimum absolute atomic E-state index is 0.217. The molecule has 4 N–H and O–H groups in total. The van der Waals surface area contributed by atoms with Crippen molar-refractivity contribution < 1.29 is 9.90 Å². The van der Waals surface area contributed by atoms with Crippen LogP contribution in [0.4, 0.5) is 0 Å². The van der Waals surface area contributed by atoms with Crippen LogP contribution >= 0.6 is 31.9 Å². The van der Waals surface area contributed by atoms with Crippen molar-refractivity contribution in [3.05, 3.63) is 15.0 Å². The molecular weight excluding hydrogens is 306 g/mol. The Kier molecular flexibility index (Phi) is 3.46. The molecule has 13 heavy (non-hydrogen) atoms. The van der Waals surface area contributed by atoms with Gasteiger partial charge in [0.15, 0.2) is 4.73 Å². The van der Waals surface area contributed by atoms with E-state index in [1.165, 1.54) is 0 Å². The number of H-pyrrole nitrogens is 1. The highest BCUT2D eigenvalue weighted by Crippen LogP contribution is 2.17. The Bertz CT molecular complexity index is 326. The van der Waals surface area contributed by atoms with E-state index in [0.717, 1.165) is 0 Å². The minimum atomic E-state index is -1.03. The predicted molar refractivity (Wildman–Crippen MR) is 53.3 cm³/mol. The van der Waals surface area contributed by atoms with Gasteiger partial charge in [0.25, 0.3) is 0 Å². The number of imidazole rings is 1. The van der Waals surface area contributed by atoms with Gasteiger partial charge in [0.1, 0.15) is 10.6 Å². The fourth-order valence-corrected chi connectivity index (χ4v) is 1.89. The van der Waals surface area contributed by atoms with Crippen molar-refractivity contribution in [2.24, 2.45) is 5.73 Å². The lowest BCUT2D eigenvalue weighted by atomic mass is 10.2. The number of nitrogens with one attached hydrogen (secondary N) is 1. The Morgan fingerprint density at radius 3 is 2.69 bits per heavy atom. The lowest BCUT2D eigenvalue weighted by molar-refractivity contribution is -0.138. The van der Waals surface area contributed by atoms with Crippen molar-refractivity contribution >= 4 is 37.8 Å². The molecular formula is C6H7Br2N3O2.